The molecule has 0 fully saturated rings. The molecule has 0 bridgehead atoms. The Kier molecular flexibility index (Phi) is 7.64. The lowest BCUT2D eigenvalue weighted by atomic mass is 9.90. The number of hydrogen-bond acceptors (Lipinski definition) is 3. The first-order valence-corrected chi connectivity index (χ1v) is 17.1. The Morgan fingerprint density at radius 3 is 1.70 bits per heavy atom. The molecule has 236 valence electrons. The molecule has 3 heteroatoms. The van der Waals surface area contributed by atoms with E-state index in [9.17, 15) is 0 Å². The summed E-state index contributed by atoms with van der Waals surface area (Å²) in [5.41, 5.74) is 12.3. The van der Waals surface area contributed by atoms with Crippen LogP contribution in [0.5, 0.6) is 0 Å². The summed E-state index contributed by atoms with van der Waals surface area (Å²) in [7, 11) is 0. The third kappa shape index (κ3) is 5.69. The van der Waals surface area contributed by atoms with Gasteiger partial charge in [-0.05, 0) is 91.5 Å². The fraction of sp³-hybridized carbons (Fsp3) is 0.0426. The minimum atomic E-state index is 0.776. The van der Waals surface area contributed by atoms with Crippen molar-refractivity contribution in [2.75, 3.05) is 0 Å². The van der Waals surface area contributed by atoms with Crippen molar-refractivity contribution in [3.63, 3.8) is 0 Å². The van der Waals surface area contributed by atoms with Crippen LogP contribution in [0.4, 0.5) is 0 Å². The van der Waals surface area contributed by atoms with Crippen molar-refractivity contribution in [3.05, 3.63) is 188 Å². The summed E-state index contributed by atoms with van der Waals surface area (Å²) in [6, 6.07) is 53.8. The van der Waals surface area contributed by atoms with E-state index in [1.807, 2.05) is 12.3 Å². The van der Waals surface area contributed by atoms with Crippen LogP contribution in [-0.4, -0.2) is 15.0 Å². The lowest BCUT2D eigenvalue weighted by Crippen LogP contribution is -2.02. The van der Waals surface area contributed by atoms with Gasteiger partial charge in [0.05, 0.1) is 11.4 Å². The van der Waals surface area contributed by atoms with Crippen LogP contribution in [0.15, 0.2) is 176 Å². The van der Waals surface area contributed by atoms with Crippen LogP contribution < -0.4 is 0 Å². The molecule has 8 aromatic rings. The van der Waals surface area contributed by atoms with E-state index in [0.29, 0.717) is 0 Å². The molecule has 0 aliphatic heterocycles. The van der Waals surface area contributed by atoms with E-state index in [1.165, 1.54) is 43.8 Å². The number of pyridine rings is 1. The molecule has 50 heavy (non-hydrogen) atoms. The van der Waals surface area contributed by atoms with E-state index >= 15 is 0 Å². The van der Waals surface area contributed by atoms with Gasteiger partial charge in [-0.15, -0.1) is 0 Å². The average Bonchev–Trinajstić information content (AvgIpc) is 3.21. The fourth-order valence-corrected chi connectivity index (χ4v) is 7.13. The van der Waals surface area contributed by atoms with E-state index < -0.39 is 0 Å². The fourth-order valence-electron chi connectivity index (χ4n) is 7.13. The van der Waals surface area contributed by atoms with Gasteiger partial charge >= 0.3 is 0 Å². The van der Waals surface area contributed by atoms with E-state index in [1.54, 1.807) is 6.20 Å². The summed E-state index contributed by atoms with van der Waals surface area (Å²) in [6.45, 7) is 0. The highest BCUT2D eigenvalue weighted by atomic mass is 14.9. The predicted molar refractivity (Wildman–Crippen MR) is 208 cm³/mol. The zero-order chi connectivity index (χ0) is 33.3. The largest absolute Gasteiger partial charge is 0.264 e. The number of rotatable bonds is 6. The molecule has 1 aliphatic carbocycles. The topological polar surface area (TPSA) is 38.7 Å². The zero-order valence-corrected chi connectivity index (χ0v) is 27.5. The van der Waals surface area contributed by atoms with Crippen molar-refractivity contribution in [1.82, 2.24) is 15.0 Å². The SMILES string of the molecule is C1=C(c2nc(-c3ccc(-c4cccnc4)cc3)cc(-c3cccc(-c4cccc5ccccc45)c3)n2)CCC(c2cccc3ccccc23)=C1. The van der Waals surface area contributed by atoms with E-state index in [0.717, 1.165) is 57.9 Å². The van der Waals surface area contributed by atoms with Crippen molar-refractivity contribution >= 4 is 32.7 Å². The van der Waals surface area contributed by atoms with Crippen LogP contribution in [-0.2, 0) is 0 Å². The van der Waals surface area contributed by atoms with Gasteiger partial charge in [-0.3, -0.25) is 4.98 Å². The number of benzene rings is 6. The van der Waals surface area contributed by atoms with Crippen molar-refractivity contribution in [2.24, 2.45) is 0 Å². The molecule has 0 atom stereocenters. The standard InChI is InChI=1S/C47H33N3/c1-3-16-41-33(9-1)11-6-18-43(41)35-22-26-37(27-23-35)47-49-45(36-24-20-32(21-25-36)40-15-8-28-48-31-40)30-46(50-47)39-14-5-13-38(29-39)44-19-7-12-34-10-2-4-17-42(34)44/h1-22,24-26,28-31H,23,27H2. The number of nitrogens with zero attached hydrogens (tertiary/aromatic N) is 3. The maximum atomic E-state index is 5.25. The van der Waals surface area contributed by atoms with Gasteiger partial charge in [0.2, 0.25) is 0 Å². The number of fused-ring (bicyclic) bond motifs is 2. The van der Waals surface area contributed by atoms with Crippen molar-refractivity contribution in [3.8, 4) is 44.8 Å². The molecule has 2 aromatic heterocycles. The first-order chi connectivity index (χ1) is 24.8. The second kappa shape index (κ2) is 12.9. The number of hydrogen-bond donors (Lipinski definition) is 0. The second-order valence-electron chi connectivity index (χ2n) is 12.8. The third-order valence-electron chi connectivity index (χ3n) is 9.73. The second-order valence-corrected chi connectivity index (χ2v) is 12.8. The van der Waals surface area contributed by atoms with Gasteiger partial charge in [-0.2, -0.15) is 0 Å². The van der Waals surface area contributed by atoms with E-state index in [2.05, 4.69) is 163 Å². The molecule has 9 rings (SSSR count). The molecule has 0 unspecified atom stereocenters. The van der Waals surface area contributed by atoms with Gasteiger partial charge in [0.15, 0.2) is 5.82 Å². The monoisotopic (exact) mass is 639 g/mol. The minimum absolute atomic E-state index is 0.776. The lowest BCUT2D eigenvalue weighted by Gasteiger charge is -2.17. The van der Waals surface area contributed by atoms with Crippen LogP contribution in [0.2, 0.25) is 0 Å². The summed E-state index contributed by atoms with van der Waals surface area (Å²) in [6.07, 6.45) is 9.99. The van der Waals surface area contributed by atoms with Gasteiger partial charge in [0.25, 0.3) is 0 Å². The predicted octanol–water partition coefficient (Wildman–Crippen LogP) is 12.1. The first-order valence-electron chi connectivity index (χ1n) is 17.1. The van der Waals surface area contributed by atoms with Gasteiger partial charge in [0, 0.05) is 23.5 Å². The maximum absolute atomic E-state index is 5.25. The molecule has 3 nitrogen and oxygen atoms in total. The third-order valence-corrected chi connectivity index (χ3v) is 9.73. The molecule has 2 heterocycles. The van der Waals surface area contributed by atoms with Crippen molar-refractivity contribution < 1.29 is 0 Å². The summed E-state index contributed by atoms with van der Waals surface area (Å²) in [5.74, 6) is 0.776. The lowest BCUT2D eigenvalue weighted by molar-refractivity contribution is 1.02. The van der Waals surface area contributed by atoms with Gasteiger partial charge in [0.1, 0.15) is 0 Å². The average molecular weight is 640 g/mol. The van der Waals surface area contributed by atoms with E-state index in [-0.39, 0.29) is 0 Å². The molecular weight excluding hydrogens is 607 g/mol. The molecule has 0 saturated heterocycles. The highest BCUT2D eigenvalue weighted by Crippen LogP contribution is 2.37. The summed E-state index contributed by atoms with van der Waals surface area (Å²) in [5, 5.41) is 5.03. The van der Waals surface area contributed by atoms with E-state index in [4.69, 9.17) is 9.97 Å². The molecule has 0 amide bonds. The summed E-state index contributed by atoms with van der Waals surface area (Å²) >= 11 is 0. The highest BCUT2D eigenvalue weighted by Gasteiger charge is 2.17. The Balaban J connectivity index is 1.14. The minimum Gasteiger partial charge on any atom is -0.264 e. The zero-order valence-electron chi connectivity index (χ0n) is 27.5. The Morgan fingerprint density at radius 2 is 0.980 bits per heavy atom. The normalized spacial score (nSPS) is 12.9. The Hall–Kier alpha value is -6.45. The van der Waals surface area contributed by atoms with Crippen LogP contribution in [0, 0.1) is 0 Å². The smallest absolute Gasteiger partial charge is 0.156 e. The Labute approximate surface area is 292 Å². The maximum Gasteiger partial charge on any atom is 0.156 e. The van der Waals surface area contributed by atoms with Crippen LogP contribution >= 0.6 is 0 Å². The molecule has 1 aliphatic rings. The molecule has 0 saturated carbocycles. The first kappa shape index (κ1) is 29.7. The Bertz CT molecular complexity index is 2570. The number of aromatic nitrogens is 3. The van der Waals surface area contributed by atoms with Gasteiger partial charge in [-0.1, -0.05) is 146 Å². The van der Waals surface area contributed by atoms with Crippen LogP contribution in [0.25, 0.3) is 77.5 Å². The van der Waals surface area contributed by atoms with Crippen molar-refractivity contribution in [2.45, 2.75) is 12.8 Å². The number of allylic oxidation sites excluding steroid dienone is 4. The Morgan fingerprint density at radius 1 is 0.400 bits per heavy atom. The summed E-state index contributed by atoms with van der Waals surface area (Å²) in [4.78, 5) is 14.8. The van der Waals surface area contributed by atoms with Gasteiger partial charge < -0.3 is 0 Å². The molecular formula is C47H33N3. The van der Waals surface area contributed by atoms with Gasteiger partial charge in [-0.25, -0.2) is 9.97 Å². The summed E-state index contributed by atoms with van der Waals surface area (Å²) < 4.78 is 0. The molecule has 0 radical (unpaired) electrons. The van der Waals surface area contributed by atoms with Crippen LogP contribution in [0.3, 0.4) is 0 Å². The molecule has 0 N–H and O–H groups in total. The van der Waals surface area contributed by atoms with Crippen LogP contribution in [0.1, 0.15) is 24.2 Å². The highest BCUT2D eigenvalue weighted by molar-refractivity contribution is 5.97. The molecule has 6 aromatic carbocycles. The molecule has 0 spiro atoms. The van der Waals surface area contributed by atoms with Crippen molar-refractivity contribution in [1.29, 1.82) is 0 Å². The quantitative estimate of drug-likeness (QED) is 0.182.